The third-order valence-electron chi connectivity index (χ3n) is 5.52. The molecular weight excluding hydrogens is 362 g/mol. The molecular formula is C24H25N3O2. The topological polar surface area (TPSA) is 62.3 Å². The van der Waals surface area contributed by atoms with E-state index in [1.54, 1.807) is 6.20 Å². The Morgan fingerprint density at radius 1 is 1.03 bits per heavy atom. The van der Waals surface area contributed by atoms with E-state index in [-0.39, 0.29) is 17.7 Å². The number of carbonyl (C=O) groups is 2. The van der Waals surface area contributed by atoms with E-state index in [2.05, 4.69) is 10.3 Å². The molecule has 0 bridgehead atoms. The number of amides is 2. The molecule has 0 unspecified atom stereocenters. The van der Waals surface area contributed by atoms with Gasteiger partial charge in [-0.05, 0) is 42.5 Å². The largest absolute Gasteiger partial charge is 0.352 e. The van der Waals surface area contributed by atoms with Crippen molar-refractivity contribution in [1.82, 2.24) is 15.2 Å². The molecule has 1 aliphatic heterocycles. The van der Waals surface area contributed by atoms with Gasteiger partial charge in [0, 0.05) is 36.8 Å². The predicted molar refractivity (Wildman–Crippen MR) is 114 cm³/mol. The fourth-order valence-electron chi connectivity index (χ4n) is 3.97. The molecule has 29 heavy (non-hydrogen) atoms. The Labute approximate surface area is 170 Å². The molecule has 0 spiro atoms. The molecule has 4 rings (SSSR count). The zero-order valence-electron chi connectivity index (χ0n) is 16.4. The van der Waals surface area contributed by atoms with Crippen molar-refractivity contribution in [3.63, 3.8) is 0 Å². The van der Waals surface area contributed by atoms with Gasteiger partial charge in [0.15, 0.2) is 0 Å². The number of likely N-dealkylation sites (tertiary alicyclic amines) is 1. The minimum atomic E-state index is -0.0594. The van der Waals surface area contributed by atoms with Crippen LogP contribution < -0.4 is 5.32 Å². The minimum Gasteiger partial charge on any atom is -0.352 e. The number of nitrogens with zero attached hydrogens (tertiary/aromatic N) is 2. The summed E-state index contributed by atoms with van der Waals surface area (Å²) in [6.07, 6.45) is 4.11. The van der Waals surface area contributed by atoms with Crippen LogP contribution in [0.3, 0.4) is 0 Å². The number of aromatic nitrogens is 1. The van der Waals surface area contributed by atoms with Gasteiger partial charge in [-0.2, -0.15) is 0 Å². The summed E-state index contributed by atoms with van der Waals surface area (Å²) in [5.41, 5.74) is 2.53. The normalized spacial score (nSPS) is 16.6. The number of piperidine rings is 1. The summed E-state index contributed by atoms with van der Waals surface area (Å²) < 4.78 is 0. The first kappa shape index (κ1) is 19.1. The summed E-state index contributed by atoms with van der Waals surface area (Å²) in [5, 5.41) is 4.07. The highest BCUT2D eigenvalue weighted by molar-refractivity contribution is 5.94. The van der Waals surface area contributed by atoms with Gasteiger partial charge in [0.2, 0.25) is 5.91 Å². The number of hydrogen-bond donors (Lipinski definition) is 1. The summed E-state index contributed by atoms with van der Waals surface area (Å²) in [5.74, 6) is 0.351. The molecule has 1 N–H and O–H groups in total. The van der Waals surface area contributed by atoms with E-state index in [9.17, 15) is 9.59 Å². The molecule has 2 aromatic carbocycles. The summed E-state index contributed by atoms with van der Waals surface area (Å²) in [6.45, 7) is 2.06. The van der Waals surface area contributed by atoms with Gasteiger partial charge in [-0.3, -0.25) is 14.6 Å². The van der Waals surface area contributed by atoms with Gasteiger partial charge in [0.25, 0.3) is 5.91 Å². The standard InChI is InChI=1S/C24H25N3O2/c28-22(15-21-11-4-10-19-12-5-13-25-23(19)21)27-14-6-7-18(17-27)16-26-24(29)20-8-2-1-3-9-20/h1-5,8-13,18H,6-7,14-17H2,(H,26,29)/t18-/m1/s1. The highest BCUT2D eigenvalue weighted by atomic mass is 16.2. The van der Waals surface area contributed by atoms with Gasteiger partial charge in [0.05, 0.1) is 11.9 Å². The van der Waals surface area contributed by atoms with Gasteiger partial charge in [-0.25, -0.2) is 0 Å². The number of hydrogen-bond acceptors (Lipinski definition) is 3. The van der Waals surface area contributed by atoms with Crippen LogP contribution in [0.15, 0.2) is 66.9 Å². The van der Waals surface area contributed by atoms with Crippen LogP contribution >= 0.6 is 0 Å². The molecule has 5 heteroatoms. The van der Waals surface area contributed by atoms with E-state index in [1.165, 1.54) is 0 Å². The van der Waals surface area contributed by atoms with Crippen LogP contribution in [0.25, 0.3) is 10.9 Å². The Balaban J connectivity index is 1.35. The molecule has 0 radical (unpaired) electrons. The molecule has 0 saturated carbocycles. The molecule has 1 saturated heterocycles. The number of pyridine rings is 1. The smallest absolute Gasteiger partial charge is 0.251 e. The lowest BCUT2D eigenvalue weighted by atomic mass is 9.97. The highest BCUT2D eigenvalue weighted by Gasteiger charge is 2.24. The van der Waals surface area contributed by atoms with Crippen LogP contribution in [0.2, 0.25) is 0 Å². The van der Waals surface area contributed by atoms with Crippen molar-refractivity contribution in [3.05, 3.63) is 78.0 Å². The number of rotatable bonds is 5. The van der Waals surface area contributed by atoms with E-state index in [0.29, 0.717) is 25.1 Å². The fourth-order valence-corrected chi connectivity index (χ4v) is 3.97. The van der Waals surface area contributed by atoms with Crippen LogP contribution in [0, 0.1) is 5.92 Å². The number of nitrogens with one attached hydrogen (secondary N) is 1. The first-order valence-corrected chi connectivity index (χ1v) is 10.1. The maximum atomic E-state index is 12.9. The van der Waals surface area contributed by atoms with E-state index in [0.717, 1.165) is 35.9 Å². The van der Waals surface area contributed by atoms with Gasteiger partial charge < -0.3 is 10.2 Å². The molecule has 1 atom stereocenters. The van der Waals surface area contributed by atoms with Crippen LogP contribution in [0.5, 0.6) is 0 Å². The van der Waals surface area contributed by atoms with Crippen molar-refractivity contribution in [2.24, 2.45) is 5.92 Å². The Morgan fingerprint density at radius 2 is 1.86 bits per heavy atom. The second-order valence-corrected chi connectivity index (χ2v) is 7.59. The quantitative estimate of drug-likeness (QED) is 0.729. The average Bonchev–Trinajstić information content (AvgIpc) is 2.78. The fraction of sp³-hybridized carbons (Fsp3) is 0.292. The molecule has 1 aliphatic rings. The monoisotopic (exact) mass is 387 g/mol. The Kier molecular flexibility index (Phi) is 5.84. The average molecular weight is 387 g/mol. The second kappa shape index (κ2) is 8.86. The number of fused-ring (bicyclic) bond motifs is 1. The van der Waals surface area contributed by atoms with Crippen LogP contribution in [-0.4, -0.2) is 41.3 Å². The molecule has 0 aliphatic carbocycles. The van der Waals surface area contributed by atoms with Crippen molar-refractivity contribution >= 4 is 22.7 Å². The molecule has 1 fully saturated rings. The minimum absolute atomic E-state index is 0.0594. The van der Waals surface area contributed by atoms with E-state index in [1.807, 2.05) is 65.6 Å². The molecule has 2 amide bonds. The van der Waals surface area contributed by atoms with Crippen molar-refractivity contribution < 1.29 is 9.59 Å². The van der Waals surface area contributed by atoms with E-state index < -0.39 is 0 Å². The maximum absolute atomic E-state index is 12.9. The zero-order chi connectivity index (χ0) is 20.1. The third kappa shape index (κ3) is 4.62. The summed E-state index contributed by atoms with van der Waals surface area (Å²) >= 11 is 0. The summed E-state index contributed by atoms with van der Waals surface area (Å²) in [7, 11) is 0. The summed E-state index contributed by atoms with van der Waals surface area (Å²) in [4.78, 5) is 31.6. The Hall–Kier alpha value is -3.21. The van der Waals surface area contributed by atoms with Gasteiger partial charge in [0.1, 0.15) is 0 Å². The molecule has 3 aromatic rings. The van der Waals surface area contributed by atoms with Crippen LogP contribution in [-0.2, 0) is 11.2 Å². The third-order valence-corrected chi connectivity index (χ3v) is 5.52. The molecule has 1 aromatic heterocycles. The zero-order valence-corrected chi connectivity index (χ0v) is 16.4. The molecule has 2 heterocycles. The lowest BCUT2D eigenvalue weighted by Crippen LogP contribution is -2.44. The van der Waals surface area contributed by atoms with Crippen molar-refractivity contribution in [3.8, 4) is 0 Å². The maximum Gasteiger partial charge on any atom is 0.251 e. The Morgan fingerprint density at radius 3 is 2.72 bits per heavy atom. The number of carbonyl (C=O) groups excluding carboxylic acids is 2. The SMILES string of the molecule is O=C(NC[C@H]1CCCN(C(=O)Cc2cccc3cccnc23)C1)c1ccccc1. The van der Waals surface area contributed by atoms with Gasteiger partial charge in [-0.1, -0.05) is 42.5 Å². The van der Waals surface area contributed by atoms with Crippen molar-refractivity contribution in [2.45, 2.75) is 19.3 Å². The van der Waals surface area contributed by atoms with Crippen LogP contribution in [0.1, 0.15) is 28.8 Å². The van der Waals surface area contributed by atoms with Crippen molar-refractivity contribution in [1.29, 1.82) is 0 Å². The predicted octanol–water partition coefficient (Wildman–Crippen LogP) is 3.45. The van der Waals surface area contributed by atoms with E-state index in [4.69, 9.17) is 0 Å². The van der Waals surface area contributed by atoms with Gasteiger partial charge in [-0.15, -0.1) is 0 Å². The summed E-state index contributed by atoms with van der Waals surface area (Å²) in [6, 6.07) is 19.1. The lowest BCUT2D eigenvalue weighted by molar-refractivity contribution is -0.132. The first-order chi connectivity index (χ1) is 14.2. The second-order valence-electron chi connectivity index (χ2n) is 7.59. The van der Waals surface area contributed by atoms with E-state index >= 15 is 0 Å². The Bertz CT molecular complexity index is 998. The van der Waals surface area contributed by atoms with Gasteiger partial charge >= 0.3 is 0 Å². The highest BCUT2D eigenvalue weighted by Crippen LogP contribution is 2.20. The first-order valence-electron chi connectivity index (χ1n) is 10.1. The lowest BCUT2D eigenvalue weighted by Gasteiger charge is -2.33. The number of para-hydroxylation sites is 1. The number of benzene rings is 2. The van der Waals surface area contributed by atoms with Crippen LogP contribution in [0.4, 0.5) is 0 Å². The van der Waals surface area contributed by atoms with Crippen molar-refractivity contribution in [2.75, 3.05) is 19.6 Å². The molecule has 5 nitrogen and oxygen atoms in total. The molecule has 148 valence electrons.